The molecule has 0 aromatic heterocycles. The fraction of sp³-hybridized carbons (Fsp3) is 0.269. The van der Waals surface area contributed by atoms with Crippen LogP contribution in [0, 0.1) is 0 Å². The van der Waals surface area contributed by atoms with Crippen molar-refractivity contribution in [2.24, 2.45) is 0 Å². The Morgan fingerprint density at radius 2 is 1.66 bits per heavy atom. The molecule has 166 valence electrons. The number of carbonyl (C=O) groups excluding carboxylic acids is 1. The molecule has 0 spiro atoms. The molecule has 0 saturated carbocycles. The normalized spacial score (nSPS) is 14.2. The average molecular weight is 495 g/mol. The zero-order valence-electron chi connectivity index (χ0n) is 18.2. The molecule has 1 aliphatic heterocycles. The van der Waals surface area contributed by atoms with Crippen LogP contribution < -0.4 is 9.47 Å². The second kappa shape index (κ2) is 10.7. The smallest absolute Gasteiger partial charge is 0.253 e. The van der Waals surface area contributed by atoms with Crippen molar-refractivity contribution < 1.29 is 14.3 Å². The van der Waals surface area contributed by atoms with Crippen LogP contribution in [0.1, 0.15) is 21.5 Å². The van der Waals surface area contributed by atoms with Gasteiger partial charge in [-0.05, 0) is 63.5 Å². The second-order valence-electron chi connectivity index (χ2n) is 7.84. The lowest BCUT2D eigenvalue weighted by atomic mass is 10.1. The van der Waals surface area contributed by atoms with Crippen LogP contribution in [0.5, 0.6) is 11.5 Å². The Kier molecular flexibility index (Phi) is 7.45. The Labute approximate surface area is 197 Å². The molecular formula is C26H27BrN2O3. The van der Waals surface area contributed by atoms with Crippen LogP contribution in [0.2, 0.25) is 0 Å². The zero-order valence-corrected chi connectivity index (χ0v) is 19.8. The summed E-state index contributed by atoms with van der Waals surface area (Å²) < 4.78 is 12.1. The van der Waals surface area contributed by atoms with Crippen LogP contribution in [0.4, 0.5) is 0 Å². The number of methoxy groups -OCH3 is 1. The van der Waals surface area contributed by atoms with Gasteiger partial charge in [0.25, 0.3) is 5.91 Å². The van der Waals surface area contributed by atoms with E-state index in [1.54, 1.807) is 7.11 Å². The number of hydrogen-bond donors (Lipinski definition) is 0. The largest absolute Gasteiger partial charge is 0.497 e. The number of halogens is 1. The Morgan fingerprint density at radius 3 is 2.44 bits per heavy atom. The molecular weight excluding hydrogens is 468 g/mol. The molecule has 0 unspecified atom stereocenters. The summed E-state index contributed by atoms with van der Waals surface area (Å²) in [4.78, 5) is 17.4. The van der Waals surface area contributed by atoms with Gasteiger partial charge in [0.2, 0.25) is 0 Å². The van der Waals surface area contributed by atoms with Crippen LogP contribution in [-0.4, -0.2) is 49.0 Å². The van der Waals surface area contributed by atoms with Gasteiger partial charge in [0.15, 0.2) is 0 Å². The van der Waals surface area contributed by atoms with Gasteiger partial charge in [0.05, 0.1) is 11.6 Å². The molecule has 3 aromatic rings. The van der Waals surface area contributed by atoms with Crippen molar-refractivity contribution in [2.75, 3.05) is 33.3 Å². The molecule has 0 atom stereocenters. The Morgan fingerprint density at radius 1 is 0.906 bits per heavy atom. The number of piperazine rings is 1. The molecule has 4 rings (SSSR count). The van der Waals surface area contributed by atoms with Gasteiger partial charge in [0, 0.05) is 38.3 Å². The van der Waals surface area contributed by atoms with Crippen LogP contribution in [0.15, 0.2) is 77.3 Å². The highest BCUT2D eigenvalue weighted by Crippen LogP contribution is 2.25. The minimum absolute atomic E-state index is 0.0776. The lowest BCUT2D eigenvalue weighted by molar-refractivity contribution is 0.0628. The highest BCUT2D eigenvalue weighted by molar-refractivity contribution is 9.10. The quantitative estimate of drug-likeness (QED) is 0.463. The third-order valence-electron chi connectivity index (χ3n) is 5.60. The molecule has 0 radical (unpaired) electrons. The first-order valence-corrected chi connectivity index (χ1v) is 11.5. The maximum Gasteiger partial charge on any atom is 0.253 e. The Hall–Kier alpha value is -2.83. The van der Waals surface area contributed by atoms with Crippen molar-refractivity contribution in [1.29, 1.82) is 0 Å². The first-order valence-electron chi connectivity index (χ1n) is 10.7. The lowest BCUT2D eigenvalue weighted by Crippen LogP contribution is -2.48. The molecule has 5 nitrogen and oxygen atoms in total. The van der Waals surface area contributed by atoms with Gasteiger partial charge in [-0.2, -0.15) is 0 Å². The number of carbonyl (C=O) groups is 1. The molecule has 6 heteroatoms. The van der Waals surface area contributed by atoms with E-state index < -0.39 is 0 Å². The number of rotatable bonds is 7. The number of ether oxygens (including phenoxy) is 2. The number of hydrogen-bond acceptors (Lipinski definition) is 4. The van der Waals surface area contributed by atoms with E-state index in [1.807, 2.05) is 65.6 Å². The molecule has 1 fully saturated rings. The van der Waals surface area contributed by atoms with Crippen LogP contribution in [0.25, 0.3) is 0 Å². The first kappa shape index (κ1) is 22.4. The van der Waals surface area contributed by atoms with E-state index >= 15 is 0 Å². The summed E-state index contributed by atoms with van der Waals surface area (Å²) in [7, 11) is 1.69. The number of amides is 1. The SMILES string of the molecule is COc1cccc(CN2CCN(C(=O)c3cccc(COc4ccccc4Br)c3)CC2)c1. The van der Waals surface area contributed by atoms with Gasteiger partial charge in [0.1, 0.15) is 18.1 Å². The predicted molar refractivity (Wildman–Crippen MR) is 129 cm³/mol. The molecule has 32 heavy (non-hydrogen) atoms. The number of benzene rings is 3. The lowest BCUT2D eigenvalue weighted by Gasteiger charge is -2.35. The van der Waals surface area contributed by atoms with Crippen LogP contribution >= 0.6 is 15.9 Å². The summed E-state index contributed by atoms with van der Waals surface area (Å²) >= 11 is 3.50. The van der Waals surface area contributed by atoms with E-state index in [2.05, 4.69) is 33.0 Å². The highest BCUT2D eigenvalue weighted by Gasteiger charge is 2.22. The molecule has 0 aliphatic carbocycles. The molecule has 1 saturated heterocycles. The standard InChI is InChI=1S/C26H27BrN2O3/c1-31-23-9-5-6-20(17-23)18-28-12-14-29(15-13-28)26(30)22-8-4-7-21(16-22)19-32-25-11-3-2-10-24(25)27/h2-11,16-17H,12-15,18-19H2,1H3. The van der Waals surface area contributed by atoms with E-state index in [0.29, 0.717) is 12.2 Å². The fourth-order valence-corrected chi connectivity index (χ4v) is 4.24. The monoisotopic (exact) mass is 494 g/mol. The van der Waals surface area contributed by atoms with Gasteiger partial charge in [-0.3, -0.25) is 9.69 Å². The Bertz CT molecular complexity index is 1060. The molecule has 1 amide bonds. The first-order chi connectivity index (χ1) is 15.6. The van der Waals surface area contributed by atoms with E-state index in [4.69, 9.17) is 9.47 Å². The van der Waals surface area contributed by atoms with Gasteiger partial charge in [-0.1, -0.05) is 36.4 Å². The van der Waals surface area contributed by atoms with Crippen LogP contribution in [0.3, 0.4) is 0 Å². The van der Waals surface area contributed by atoms with E-state index in [0.717, 1.165) is 54.3 Å². The van der Waals surface area contributed by atoms with Gasteiger partial charge in [-0.25, -0.2) is 0 Å². The maximum atomic E-state index is 13.1. The number of nitrogens with zero attached hydrogens (tertiary/aromatic N) is 2. The summed E-state index contributed by atoms with van der Waals surface area (Å²) in [6, 6.07) is 23.6. The fourth-order valence-electron chi connectivity index (χ4n) is 3.84. The zero-order chi connectivity index (χ0) is 22.3. The predicted octanol–water partition coefficient (Wildman–Crippen LogP) is 4.99. The van der Waals surface area contributed by atoms with Crippen molar-refractivity contribution in [1.82, 2.24) is 9.80 Å². The summed E-state index contributed by atoms with van der Waals surface area (Å²) in [6.07, 6.45) is 0. The van der Waals surface area contributed by atoms with Gasteiger partial charge >= 0.3 is 0 Å². The van der Waals surface area contributed by atoms with E-state index in [9.17, 15) is 4.79 Å². The van der Waals surface area contributed by atoms with Crippen LogP contribution in [-0.2, 0) is 13.2 Å². The maximum absolute atomic E-state index is 13.1. The van der Waals surface area contributed by atoms with Gasteiger partial charge < -0.3 is 14.4 Å². The van der Waals surface area contributed by atoms with Crippen molar-refractivity contribution in [3.8, 4) is 11.5 Å². The molecule has 3 aromatic carbocycles. The summed E-state index contributed by atoms with van der Waals surface area (Å²) in [5.41, 5.74) is 2.91. The van der Waals surface area contributed by atoms with Crippen molar-refractivity contribution >= 4 is 21.8 Å². The molecule has 0 bridgehead atoms. The minimum atomic E-state index is 0.0776. The third kappa shape index (κ3) is 5.69. The van der Waals surface area contributed by atoms with Crippen molar-refractivity contribution in [3.05, 3.63) is 94.0 Å². The summed E-state index contributed by atoms with van der Waals surface area (Å²) in [5.74, 6) is 1.74. The Balaban J connectivity index is 1.32. The summed E-state index contributed by atoms with van der Waals surface area (Å²) in [6.45, 7) is 4.43. The van der Waals surface area contributed by atoms with E-state index in [1.165, 1.54) is 5.56 Å². The topological polar surface area (TPSA) is 42.0 Å². The van der Waals surface area contributed by atoms with Gasteiger partial charge in [-0.15, -0.1) is 0 Å². The number of para-hydroxylation sites is 1. The third-order valence-corrected chi connectivity index (χ3v) is 6.26. The summed E-state index contributed by atoms with van der Waals surface area (Å²) in [5, 5.41) is 0. The molecule has 1 aliphatic rings. The highest BCUT2D eigenvalue weighted by atomic mass is 79.9. The average Bonchev–Trinajstić information content (AvgIpc) is 2.84. The van der Waals surface area contributed by atoms with Crippen molar-refractivity contribution in [2.45, 2.75) is 13.2 Å². The molecule has 0 N–H and O–H groups in total. The molecule has 1 heterocycles. The minimum Gasteiger partial charge on any atom is -0.497 e. The van der Waals surface area contributed by atoms with Crippen molar-refractivity contribution in [3.63, 3.8) is 0 Å². The van der Waals surface area contributed by atoms with E-state index in [-0.39, 0.29) is 5.91 Å². The second-order valence-corrected chi connectivity index (χ2v) is 8.69.